The number of benzene rings is 2. The number of aliphatic hydroxyl groups excluding tert-OH is 1. The Morgan fingerprint density at radius 1 is 1.12 bits per heavy atom. The van der Waals surface area contributed by atoms with Crippen LogP contribution in [-0.2, 0) is 11.8 Å². The highest BCUT2D eigenvalue weighted by Gasteiger charge is 2.64. The van der Waals surface area contributed by atoms with Crippen LogP contribution in [0.4, 0.5) is 0 Å². The van der Waals surface area contributed by atoms with Crippen molar-refractivity contribution in [3.05, 3.63) is 78.0 Å². The molecule has 2 aliphatic heterocycles. The van der Waals surface area contributed by atoms with Crippen LogP contribution in [0.25, 0.3) is 10.9 Å². The van der Waals surface area contributed by atoms with Crippen molar-refractivity contribution < 1.29 is 14.6 Å². The van der Waals surface area contributed by atoms with E-state index < -0.39 is 6.10 Å². The molecular formula is C27H28N2O3. The first-order valence-electron chi connectivity index (χ1n) is 11.4. The Labute approximate surface area is 188 Å². The molecule has 7 rings (SSSR count). The average Bonchev–Trinajstić information content (AvgIpc) is 3.19. The van der Waals surface area contributed by atoms with Crippen LogP contribution in [0.5, 0.6) is 11.5 Å². The number of likely N-dealkylation sites (N-methyl/N-ethyl adjacent to an activating group) is 1. The van der Waals surface area contributed by atoms with E-state index in [4.69, 9.17) is 9.47 Å². The number of likely N-dealkylation sites (tertiary alicyclic amines) is 1. The number of hydrogen-bond acceptors (Lipinski definition) is 5. The smallest absolute Gasteiger partial charge is 0.165 e. The lowest BCUT2D eigenvalue weighted by molar-refractivity contribution is -0.0453. The van der Waals surface area contributed by atoms with E-state index in [-0.39, 0.29) is 11.5 Å². The summed E-state index contributed by atoms with van der Waals surface area (Å²) in [6.45, 7) is 1.05. The van der Waals surface area contributed by atoms with E-state index in [1.807, 2.05) is 42.6 Å². The fourth-order valence-corrected chi connectivity index (χ4v) is 6.40. The highest BCUT2D eigenvalue weighted by molar-refractivity contribution is 5.77. The largest absolute Gasteiger partial charge is 0.493 e. The van der Waals surface area contributed by atoms with Gasteiger partial charge in [0.25, 0.3) is 0 Å². The first-order valence-corrected chi connectivity index (χ1v) is 11.4. The van der Waals surface area contributed by atoms with Gasteiger partial charge in [-0.2, -0.15) is 0 Å². The van der Waals surface area contributed by atoms with E-state index in [9.17, 15) is 5.11 Å². The third-order valence-electron chi connectivity index (χ3n) is 7.87. The predicted molar refractivity (Wildman–Crippen MR) is 124 cm³/mol. The zero-order chi connectivity index (χ0) is 21.9. The number of methoxy groups -OCH3 is 1. The number of hydrogen-bond donors (Lipinski definition) is 1. The molecule has 1 saturated heterocycles. The van der Waals surface area contributed by atoms with Crippen LogP contribution in [0, 0.1) is 5.92 Å². The number of piperidine rings is 1. The van der Waals surface area contributed by atoms with E-state index in [0.717, 1.165) is 36.4 Å². The summed E-state index contributed by atoms with van der Waals surface area (Å²) in [7, 11) is 3.91. The number of ether oxygens (including phenoxy) is 2. The summed E-state index contributed by atoms with van der Waals surface area (Å²) >= 11 is 0. The third kappa shape index (κ3) is 2.68. The average molecular weight is 429 g/mol. The number of para-hydroxylation sites is 1. The summed E-state index contributed by atoms with van der Waals surface area (Å²) in [5, 5.41) is 11.8. The molecule has 5 heteroatoms. The molecular weight excluding hydrogens is 400 g/mol. The van der Waals surface area contributed by atoms with Gasteiger partial charge in [-0.3, -0.25) is 4.98 Å². The number of aliphatic hydroxyl groups is 1. The second-order valence-electron chi connectivity index (χ2n) is 9.31. The molecule has 0 saturated carbocycles. The Balaban J connectivity index is 0.000000164. The van der Waals surface area contributed by atoms with Gasteiger partial charge in [-0.25, -0.2) is 0 Å². The molecule has 2 aliphatic carbocycles. The van der Waals surface area contributed by atoms with Gasteiger partial charge in [-0.05, 0) is 50.2 Å². The monoisotopic (exact) mass is 428 g/mol. The summed E-state index contributed by atoms with van der Waals surface area (Å²) in [5.41, 5.74) is 3.66. The highest BCUT2D eigenvalue weighted by Crippen LogP contribution is 2.62. The third-order valence-corrected chi connectivity index (χ3v) is 7.87. The van der Waals surface area contributed by atoms with E-state index >= 15 is 0 Å². The molecule has 1 fully saturated rings. The quantitative estimate of drug-likeness (QED) is 0.599. The van der Waals surface area contributed by atoms with Gasteiger partial charge in [0, 0.05) is 34.5 Å². The van der Waals surface area contributed by atoms with Gasteiger partial charge in [0.15, 0.2) is 11.5 Å². The van der Waals surface area contributed by atoms with Gasteiger partial charge in [0.2, 0.25) is 0 Å². The molecule has 3 heterocycles. The van der Waals surface area contributed by atoms with Crippen molar-refractivity contribution >= 4 is 10.9 Å². The van der Waals surface area contributed by atoms with Crippen LogP contribution in [0.15, 0.2) is 66.9 Å². The maximum absolute atomic E-state index is 10.6. The molecule has 0 radical (unpaired) electrons. The minimum absolute atomic E-state index is 0.0806. The van der Waals surface area contributed by atoms with Crippen molar-refractivity contribution in [3.63, 3.8) is 0 Å². The van der Waals surface area contributed by atoms with Gasteiger partial charge >= 0.3 is 0 Å². The molecule has 2 bridgehead atoms. The zero-order valence-electron chi connectivity index (χ0n) is 18.4. The summed E-state index contributed by atoms with van der Waals surface area (Å²) < 4.78 is 11.8. The molecule has 3 aromatic rings. The topological polar surface area (TPSA) is 54.8 Å². The first-order chi connectivity index (χ1) is 15.6. The number of aromatic nitrogens is 1. The van der Waals surface area contributed by atoms with Crippen LogP contribution in [0.2, 0.25) is 0 Å². The fraction of sp³-hybridized carbons (Fsp3) is 0.370. The maximum atomic E-state index is 10.6. The Kier molecular flexibility index (Phi) is 4.52. The van der Waals surface area contributed by atoms with Gasteiger partial charge in [-0.15, -0.1) is 0 Å². The van der Waals surface area contributed by atoms with Crippen LogP contribution < -0.4 is 9.47 Å². The molecule has 5 atom stereocenters. The second-order valence-corrected chi connectivity index (χ2v) is 9.31. The summed E-state index contributed by atoms with van der Waals surface area (Å²) in [6, 6.07) is 16.8. The molecule has 1 aromatic heterocycles. The second kappa shape index (κ2) is 7.32. The van der Waals surface area contributed by atoms with Crippen LogP contribution in [-0.4, -0.2) is 53.9 Å². The van der Waals surface area contributed by atoms with Crippen molar-refractivity contribution in [3.8, 4) is 11.5 Å². The fourth-order valence-electron chi connectivity index (χ4n) is 6.40. The Morgan fingerprint density at radius 2 is 1.97 bits per heavy atom. The normalized spacial score (nSPS) is 31.3. The minimum Gasteiger partial charge on any atom is -0.493 e. The van der Waals surface area contributed by atoms with Crippen molar-refractivity contribution in [2.45, 2.75) is 36.5 Å². The molecule has 164 valence electrons. The molecule has 32 heavy (non-hydrogen) atoms. The summed E-state index contributed by atoms with van der Waals surface area (Å²) in [5.74, 6) is 2.09. The number of pyridine rings is 1. The Bertz CT molecular complexity index is 1140. The van der Waals surface area contributed by atoms with E-state index in [1.165, 1.54) is 16.5 Å². The van der Waals surface area contributed by atoms with Gasteiger partial charge < -0.3 is 19.5 Å². The predicted octanol–water partition coefficient (Wildman–Crippen LogP) is 3.74. The number of fused-ring (bicyclic) bond motifs is 1. The summed E-state index contributed by atoms with van der Waals surface area (Å²) in [4.78, 5) is 6.65. The molecule has 0 amide bonds. The lowest BCUT2D eigenvalue weighted by Gasteiger charge is -2.56. The Morgan fingerprint density at radius 3 is 2.81 bits per heavy atom. The first kappa shape index (κ1) is 19.8. The minimum atomic E-state index is -0.539. The summed E-state index contributed by atoms with van der Waals surface area (Å²) in [6.07, 6.45) is 7.34. The highest BCUT2D eigenvalue weighted by atomic mass is 16.5. The lowest BCUT2D eigenvalue weighted by atomic mass is 9.53. The Hall–Kier alpha value is -2.89. The van der Waals surface area contributed by atoms with E-state index in [0.29, 0.717) is 12.0 Å². The molecule has 1 spiro atoms. The van der Waals surface area contributed by atoms with Crippen LogP contribution in [0.1, 0.15) is 17.5 Å². The molecule has 0 unspecified atom stereocenters. The van der Waals surface area contributed by atoms with E-state index in [2.05, 4.69) is 41.2 Å². The van der Waals surface area contributed by atoms with Crippen LogP contribution in [0.3, 0.4) is 0 Å². The van der Waals surface area contributed by atoms with E-state index in [1.54, 1.807) is 7.11 Å². The number of rotatable bonds is 1. The lowest BCUT2D eigenvalue weighted by Crippen LogP contribution is -2.64. The standard InChI is InChI=1S/C18H21NO3.C9H7N/c1-19-8-7-18-11-4-5-13(20)17(18)22-16-14(21-2)6-3-10(15(16)18)9-12(11)19;1-2-6-9-8(4-1)5-3-7-10-9/h3-6,11-13,17,20H,7-9H2,1-2H3;1-7H/t11-,12+,13-,17-,18-;/m0./s1. The van der Waals surface area contributed by atoms with Gasteiger partial charge in [0.05, 0.1) is 12.6 Å². The maximum Gasteiger partial charge on any atom is 0.165 e. The van der Waals surface area contributed by atoms with Gasteiger partial charge in [-0.1, -0.05) is 42.5 Å². The van der Waals surface area contributed by atoms with Crippen molar-refractivity contribution in [1.82, 2.24) is 9.88 Å². The zero-order valence-corrected chi connectivity index (χ0v) is 18.4. The van der Waals surface area contributed by atoms with Crippen molar-refractivity contribution in [2.24, 2.45) is 5.92 Å². The van der Waals surface area contributed by atoms with Gasteiger partial charge in [0.1, 0.15) is 12.2 Å². The van der Waals surface area contributed by atoms with Crippen molar-refractivity contribution in [1.29, 1.82) is 0 Å². The van der Waals surface area contributed by atoms with Crippen LogP contribution >= 0.6 is 0 Å². The number of nitrogens with zero attached hydrogens (tertiary/aromatic N) is 2. The van der Waals surface area contributed by atoms with Crippen molar-refractivity contribution in [2.75, 3.05) is 20.7 Å². The SMILES string of the molecule is COc1ccc2c3c1O[C@H]1[C@@H](O)C=C[C@H]4[C@@H](C2)N(C)CC[C@@]341.c1ccc2ncccc2c1. The molecule has 5 nitrogen and oxygen atoms in total. The molecule has 4 aliphatic rings. The molecule has 2 aromatic carbocycles. The molecule has 1 N–H and O–H groups in total.